The molecule has 0 unspecified atom stereocenters. The molecule has 2 rings (SSSR count). The minimum absolute atomic E-state index is 0.0860. The molecule has 1 aromatic carbocycles. The van der Waals surface area contributed by atoms with Gasteiger partial charge in [0.2, 0.25) is 0 Å². The van der Waals surface area contributed by atoms with Crippen molar-refractivity contribution >= 4 is 0 Å². The molecule has 0 heterocycles. The SMILES string of the molecule is NCC1(c2ccccc2CF)CCC1. The topological polar surface area (TPSA) is 26.0 Å². The maximum absolute atomic E-state index is 12.8. The Morgan fingerprint density at radius 2 is 2.00 bits per heavy atom. The third-order valence-corrected chi connectivity index (χ3v) is 3.43. The van der Waals surface area contributed by atoms with E-state index in [-0.39, 0.29) is 12.1 Å². The number of hydrogen-bond acceptors (Lipinski definition) is 1. The van der Waals surface area contributed by atoms with Crippen LogP contribution in [0.25, 0.3) is 0 Å². The second-order valence-electron chi connectivity index (χ2n) is 4.13. The van der Waals surface area contributed by atoms with Gasteiger partial charge >= 0.3 is 0 Å². The molecular weight excluding hydrogens is 177 g/mol. The van der Waals surface area contributed by atoms with E-state index in [0.29, 0.717) is 6.54 Å². The number of benzene rings is 1. The van der Waals surface area contributed by atoms with Crippen LogP contribution in [0.15, 0.2) is 24.3 Å². The Balaban J connectivity index is 2.38. The molecule has 0 aromatic heterocycles. The molecule has 0 spiro atoms. The van der Waals surface area contributed by atoms with E-state index in [0.717, 1.165) is 24.0 Å². The fraction of sp³-hybridized carbons (Fsp3) is 0.500. The van der Waals surface area contributed by atoms with Crippen molar-refractivity contribution in [3.63, 3.8) is 0 Å². The van der Waals surface area contributed by atoms with Crippen LogP contribution >= 0.6 is 0 Å². The maximum Gasteiger partial charge on any atom is 0.115 e. The third kappa shape index (κ3) is 1.34. The van der Waals surface area contributed by atoms with E-state index in [1.807, 2.05) is 24.3 Å². The number of alkyl halides is 1. The third-order valence-electron chi connectivity index (χ3n) is 3.43. The zero-order valence-electron chi connectivity index (χ0n) is 8.30. The van der Waals surface area contributed by atoms with Crippen molar-refractivity contribution in [2.45, 2.75) is 31.4 Å². The summed E-state index contributed by atoms with van der Waals surface area (Å²) in [5.74, 6) is 0. The van der Waals surface area contributed by atoms with E-state index >= 15 is 0 Å². The summed E-state index contributed by atoms with van der Waals surface area (Å²) in [7, 11) is 0. The lowest BCUT2D eigenvalue weighted by atomic mass is 9.63. The van der Waals surface area contributed by atoms with Crippen molar-refractivity contribution in [2.75, 3.05) is 6.54 Å². The molecule has 0 atom stereocenters. The monoisotopic (exact) mass is 193 g/mol. The van der Waals surface area contributed by atoms with E-state index in [1.54, 1.807) is 0 Å². The molecule has 0 amide bonds. The fourth-order valence-corrected chi connectivity index (χ4v) is 2.34. The highest BCUT2D eigenvalue weighted by Crippen LogP contribution is 2.44. The quantitative estimate of drug-likeness (QED) is 0.784. The fourth-order valence-electron chi connectivity index (χ4n) is 2.34. The molecule has 2 N–H and O–H groups in total. The van der Waals surface area contributed by atoms with Gasteiger partial charge in [0.25, 0.3) is 0 Å². The molecule has 1 nitrogen and oxygen atoms in total. The van der Waals surface area contributed by atoms with Gasteiger partial charge in [-0.05, 0) is 24.0 Å². The maximum atomic E-state index is 12.8. The van der Waals surface area contributed by atoms with Crippen molar-refractivity contribution in [1.29, 1.82) is 0 Å². The summed E-state index contributed by atoms with van der Waals surface area (Å²) in [5, 5.41) is 0. The van der Waals surface area contributed by atoms with Crippen LogP contribution in [-0.4, -0.2) is 6.54 Å². The largest absolute Gasteiger partial charge is 0.330 e. The molecular formula is C12H16FN. The first-order chi connectivity index (χ1) is 6.82. The summed E-state index contributed by atoms with van der Waals surface area (Å²) in [6.07, 6.45) is 3.44. The van der Waals surface area contributed by atoms with Crippen LogP contribution in [0.4, 0.5) is 4.39 Å². The highest BCUT2D eigenvalue weighted by Gasteiger charge is 2.38. The normalized spacial score (nSPS) is 19.0. The summed E-state index contributed by atoms with van der Waals surface area (Å²) in [6, 6.07) is 7.76. The smallest absolute Gasteiger partial charge is 0.115 e. The lowest BCUT2D eigenvalue weighted by Gasteiger charge is -2.42. The summed E-state index contributed by atoms with van der Waals surface area (Å²) >= 11 is 0. The molecule has 0 radical (unpaired) electrons. The summed E-state index contributed by atoms with van der Waals surface area (Å²) in [5.41, 5.74) is 7.84. The molecule has 2 heteroatoms. The first kappa shape index (κ1) is 9.66. The van der Waals surface area contributed by atoms with Gasteiger partial charge in [-0.25, -0.2) is 4.39 Å². The Morgan fingerprint density at radius 3 is 2.50 bits per heavy atom. The van der Waals surface area contributed by atoms with Crippen LogP contribution in [0.3, 0.4) is 0 Å². The molecule has 14 heavy (non-hydrogen) atoms. The molecule has 0 aliphatic heterocycles. The van der Waals surface area contributed by atoms with Crippen molar-refractivity contribution in [2.24, 2.45) is 5.73 Å². The van der Waals surface area contributed by atoms with Crippen LogP contribution in [-0.2, 0) is 12.1 Å². The van der Waals surface area contributed by atoms with Gasteiger partial charge in [0, 0.05) is 12.0 Å². The predicted molar refractivity (Wildman–Crippen MR) is 55.8 cm³/mol. The Bertz CT molecular complexity index is 312. The Hall–Kier alpha value is -0.890. The molecule has 1 aliphatic carbocycles. The number of halogens is 1. The van der Waals surface area contributed by atoms with Crippen LogP contribution in [0.2, 0.25) is 0 Å². The minimum atomic E-state index is -0.377. The number of rotatable bonds is 3. The molecule has 1 fully saturated rings. The number of hydrogen-bond donors (Lipinski definition) is 1. The van der Waals surface area contributed by atoms with Crippen LogP contribution in [0.1, 0.15) is 30.4 Å². The van der Waals surface area contributed by atoms with Gasteiger partial charge in [-0.2, -0.15) is 0 Å². The molecule has 0 saturated heterocycles. The second kappa shape index (κ2) is 3.70. The van der Waals surface area contributed by atoms with E-state index in [9.17, 15) is 4.39 Å². The summed E-state index contributed by atoms with van der Waals surface area (Å²) in [6.45, 7) is 0.266. The Morgan fingerprint density at radius 1 is 1.29 bits per heavy atom. The predicted octanol–water partition coefficient (Wildman–Crippen LogP) is 2.54. The molecule has 1 aromatic rings. The van der Waals surface area contributed by atoms with Crippen LogP contribution in [0.5, 0.6) is 0 Å². The molecule has 0 bridgehead atoms. The van der Waals surface area contributed by atoms with Gasteiger partial charge in [0.05, 0.1) is 0 Å². The lowest BCUT2D eigenvalue weighted by molar-refractivity contribution is 0.249. The van der Waals surface area contributed by atoms with Crippen molar-refractivity contribution in [1.82, 2.24) is 0 Å². The van der Waals surface area contributed by atoms with Crippen molar-refractivity contribution in [3.8, 4) is 0 Å². The van der Waals surface area contributed by atoms with Gasteiger partial charge in [-0.3, -0.25) is 0 Å². The molecule has 1 aliphatic rings. The summed E-state index contributed by atoms with van der Waals surface area (Å²) in [4.78, 5) is 0. The standard InChI is InChI=1S/C12H16FN/c13-8-10-4-1-2-5-11(10)12(9-14)6-3-7-12/h1-2,4-5H,3,6-9,14H2. The van der Waals surface area contributed by atoms with Crippen LogP contribution in [0, 0.1) is 0 Å². The van der Waals surface area contributed by atoms with Crippen LogP contribution < -0.4 is 5.73 Å². The van der Waals surface area contributed by atoms with E-state index in [1.165, 1.54) is 6.42 Å². The van der Waals surface area contributed by atoms with Gasteiger partial charge < -0.3 is 5.73 Å². The van der Waals surface area contributed by atoms with Crippen molar-refractivity contribution in [3.05, 3.63) is 35.4 Å². The lowest BCUT2D eigenvalue weighted by Crippen LogP contribution is -2.42. The zero-order chi connectivity index (χ0) is 10.0. The van der Waals surface area contributed by atoms with E-state index < -0.39 is 0 Å². The summed E-state index contributed by atoms with van der Waals surface area (Å²) < 4.78 is 12.8. The van der Waals surface area contributed by atoms with Gasteiger partial charge in [0.15, 0.2) is 0 Å². The van der Waals surface area contributed by atoms with E-state index in [4.69, 9.17) is 5.73 Å². The Kier molecular flexibility index (Phi) is 2.55. The van der Waals surface area contributed by atoms with Gasteiger partial charge in [0.1, 0.15) is 6.67 Å². The molecule has 1 saturated carbocycles. The first-order valence-corrected chi connectivity index (χ1v) is 5.17. The van der Waals surface area contributed by atoms with Crippen molar-refractivity contribution < 1.29 is 4.39 Å². The Labute approximate surface area is 84.1 Å². The zero-order valence-corrected chi connectivity index (χ0v) is 8.30. The average Bonchev–Trinajstić information content (AvgIpc) is 2.18. The minimum Gasteiger partial charge on any atom is -0.330 e. The number of nitrogens with two attached hydrogens (primary N) is 1. The second-order valence-corrected chi connectivity index (χ2v) is 4.13. The average molecular weight is 193 g/mol. The van der Waals surface area contributed by atoms with E-state index in [2.05, 4.69) is 0 Å². The highest BCUT2D eigenvalue weighted by molar-refractivity contribution is 5.36. The molecule has 76 valence electrons. The van der Waals surface area contributed by atoms with Gasteiger partial charge in [-0.15, -0.1) is 0 Å². The van der Waals surface area contributed by atoms with Gasteiger partial charge in [-0.1, -0.05) is 30.7 Å². The first-order valence-electron chi connectivity index (χ1n) is 5.17. The highest BCUT2D eigenvalue weighted by atomic mass is 19.1.